The van der Waals surface area contributed by atoms with Crippen molar-refractivity contribution in [3.63, 3.8) is 0 Å². The van der Waals surface area contributed by atoms with E-state index in [0.29, 0.717) is 19.3 Å². The summed E-state index contributed by atoms with van der Waals surface area (Å²) >= 11 is 0. The van der Waals surface area contributed by atoms with Crippen molar-refractivity contribution < 1.29 is 18.0 Å². The fourth-order valence-corrected chi connectivity index (χ4v) is 2.86. The summed E-state index contributed by atoms with van der Waals surface area (Å²) in [5.74, 6) is -0.392. The predicted molar refractivity (Wildman–Crippen MR) is 83.3 cm³/mol. The van der Waals surface area contributed by atoms with Crippen LogP contribution in [-0.4, -0.2) is 16.9 Å². The summed E-state index contributed by atoms with van der Waals surface area (Å²) in [4.78, 5) is 15.9. The highest BCUT2D eigenvalue weighted by Crippen LogP contribution is 2.46. The van der Waals surface area contributed by atoms with E-state index in [9.17, 15) is 18.0 Å². The van der Waals surface area contributed by atoms with Gasteiger partial charge < -0.3 is 5.32 Å². The molecule has 1 aliphatic carbocycles. The van der Waals surface area contributed by atoms with Crippen LogP contribution in [0.2, 0.25) is 0 Å². The highest BCUT2D eigenvalue weighted by Gasteiger charge is 2.44. The first kappa shape index (κ1) is 16.5. The molecule has 24 heavy (non-hydrogen) atoms. The van der Waals surface area contributed by atoms with Gasteiger partial charge in [-0.25, -0.2) is 0 Å². The summed E-state index contributed by atoms with van der Waals surface area (Å²) < 4.78 is 39.1. The summed E-state index contributed by atoms with van der Waals surface area (Å²) in [6.07, 6.45) is 0.415. The number of nitrogens with zero attached hydrogens (tertiary/aromatic N) is 1. The molecule has 126 valence electrons. The summed E-state index contributed by atoms with van der Waals surface area (Å²) in [6.45, 7) is 0. The second kappa shape index (κ2) is 6.63. The van der Waals surface area contributed by atoms with Gasteiger partial charge in [-0.1, -0.05) is 18.2 Å². The number of amides is 1. The number of carbonyl (C=O) groups excluding carboxylic acids is 1. The van der Waals surface area contributed by atoms with Gasteiger partial charge in [0.15, 0.2) is 0 Å². The summed E-state index contributed by atoms with van der Waals surface area (Å²) in [6, 6.07) is 9.05. The van der Waals surface area contributed by atoms with Gasteiger partial charge in [0, 0.05) is 30.8 Å². The number of pyridine rings is 1. The average molecular weight is 334 g/mol. The Morgan fingerprint density at radius 1 is 1.17 bits per heavy atom. The molecule has 1 amide bonds. The average Bonchev–Trinajstić information content (AvgIpc) is 3.32. The molecule has 0 aliphatic heterocycles. The van der Waals surface area contributed by atoms with Gasteiger partial charge in [-0.05, 0) is 42.2 Å². The Morgan fingerprint density at radius 2 is 1.88 bits per heavy atom. The van der Waals surface area contributed by atoms with Gasteiger partial charge in [0.2, 0.25) is 5.91 Å². The number of aryl methyl sites for hydroxylation is 1. The van der Waals surface area contributed by atoms with Gasteiger partial charge in [-0.3, -0.25) is 9.78 Å². The molecule has 1 aliphatic rings. The Labute approximate surface area is 137 Å². The minimum absolute atomic E-state index is 0.135. The van der Waals surface area contributed by atoms with E-state index in [-0.39, 0.29) is 23.4 Å². The van der Waals surface area contributed by atoms with Crippen LogP contribution in [-0.2, 0) is 17.4 Å². The summed E-state index contributed by atoms with van der Waals surface area (Å²) in [5, 5.41) is 2.83. The minimum atomic E-state index is -4.37. The zero-order valence-corrected chi connectivity index (χ0v) is 12.9. The zero-order valence-electron chi connectivity index (χ0n) is 12.9. The Kier molecular flexibility index (Phi) is 4.55. The second-order valence-electron chi connectivity index (χ2n) is 5.96. The van der Waals surface area contributed by atoms with Gasteiger partial charge in [-0.2, -0.15) is 13.2 Å². The van der Waals surface area contributed by atoms with E-state index in [1.807, 2.05) is 12.1 Å². The van der Waals surface area contributed by atoms with Crippen molar-refractivity contribution in [2.45, 2.75) is 37.4 Å². The number of nitrogens with one attached hydrogen (secondary N) is 1. The van der Waals surface area contributed by atoms with Gasteiger partial charge in [-0.15, -0.1) is 0 Å². The molecule has 0 spiro atoms. The molecular weight excluding hydrogens is 317 g/mol. The third-order valence-corrected chi connectivity index (χ3v) is 4.19. The molecular formula is C18H17F3N2O. The highest BCUT2D eigenvalue weighted by molar-refractivity contribution is 5.77. The van der Waals surface area contributed by atoms with Crippen molar-refractivity contribution in [1.82, 2.24) is 10.3 Å². The maximum Gasteiger partial charge on any atom is 0.416 e. The number of alkyl halides is 3. The Hall–Kier alpha value is -2.37. The SMILES string of the molecule is O=C(CCc1ccncc1)N[C@@H]1C[C@@H]1c1ccccc1C(F)(F)F. The third kappa shape index (κ3) is 3.93. The molecule has 3 nitrogen and oxygen atoms in total. The normalized spacial score (nSPS) is 19.8. The maximum absolute atomic E-state index is 13.0. The van der Waals surface area contributed by atoms with E-state index in [1.54, 1.807) is 18.5 Å². The largest absolute Gasteiger partial charge is 0.416 e. The topological polar surface area (TPSA) is 42.0 Å². The lowest BCUT2D eigenvalue weighted by Crippen LogP contribution is -2.27. The molecule has 3 rings (SSSR count). The number of rotatable bonds is 5. The number of hydrogen-bond acceptors (Lipinski definition) is 2. The van der Waals surface area contributed by atoms with Crippen molar-refractivity contribution in [2.75, 3.05) is 0 Å². The van der Waals surface area contributed by atoms with E-state index in [2.05, 4.69) is 10.3 Å². The van der Waals surface area contributed by atoms with Crippen molar-refractivity contribution in [3.8, 4) is 0 Å². The lowest BCUT2D eigenvalue weighted by molar-refractivity contribution is -0.138. The number of hydrogen-bond donors (Lipinski definition) is 1. The Morgan fingerprint density at radius 3 is 2.58 bits per heavy atom. The van der Waals surface area contributed by atoms with Gasteiger partial charge in [0.1, 0.15) is 0 Å². The van der Waals surface area contributed by atoms with E-state index in [1.165, 1.54) is 12.1 Å². The van der Waals surface area contributed by atoms with Gasteiger partial charge in [0.05, 0.1) is 5.56 Å². The van der Waals surface area contributed by atoms with E-state index in [0.717, 1.165) is 11.6 Å². The van der Waals surface area contributed by atoms with Gasteiger partial charge in [0.25, 0.3) is 0 Å². The lowest BCUT2D eigenvalue weighted by atomic mass is 10.0. The first-order valence-electron chi connectivity index (χ1n) is 7.79. The molecule has 1 N–H and O–H groups in total. The Bertz CT molecular complexity index is 716. The molecule has 0 unspecified atom stereocenters. The first-order valence-corrected chi connectivity index (χ1v) is 7.79. The fraction of sp³-hybridized carbons (Fsp3) is 0.333. The lowest BCUT2D eigenvalue weighted by Gasteiger charge is -2.12. The molecule has 1 aromatic heterocycles. The van der Waals surface area contributed by atoms with Crippen LogP contribution in [0.1, 0.15) is 35.4 Å². The van der Waals surface area contributed by atoms with Crippen molar-refractivity contribution in [2.24, 2.45) is 0 Å². The second-order valence-corrected chi connectivity index (χ2v) is 5.96. The first-order chi connectivity index (χ1) is 11.4. The molecule has 1 fully saturated rings. The van der Waals surface area contributed by atoms with Crippen molar-refractivity contribution >= 4 is 5.91 Å². The standard InChI is InChI=1S/C18H17F3N2O/c19-18(20,21)15-4-2-1-3-13(15)14-11-16(14)23-17(24)6-5-12-7-9-22-10-8-12/h1-4,7-10,14,16H,5-6,11H2,(H,23,24)/t14-,16-/m1/s1. The number of carbonyl (C=O) groups is 1. The fourth-order valence-electron chi connectivity index (χ4n) is 2.86. The van der Waals surface area contributed by atoms with Crippen LogP contribution in [0.4, 0.5) is 13.2 Å². The molecule has 2 atom stereocenters. The van der Waals surface area contributed by atoms with Crippen molar-refractivity contribution in [3.05, 3.63) is 65.5 Å². The monoisotopic (exact) mass is 334 g/mol. The molecule has 1 saturated carbocycles. The maximum atomic E-state index is 13.0. The number of halogens is 3. The van der Waals surface area contributed by atoms with Gasteiger partial charge >= 0.3 is 6.18 Å². The number of aromatic nitrogens is 1. The van der Waals surface area contributed by atoms with Crippen LogP contribution in [0.5, 0.6) is 0 Å². The Balaban J connectivity index is 1.56. The van der Waals surface area contributed by atoms with Crippen molar-refractivity contribution in [1.29, 1.82) is 0 Å². The van der Waals surface area contributed by atoms with Crippen LogP contribution in [0.25, 0.3) is 0 Å². The quantitative estimate of drug-likeness (QED) is 0.906. The molecule has 0 radical (unpaired) electrons. The van der Waals surface area contributed by atoms with Crippen LogP contribution in [0.3, 0.4) is 0 Å². The zero-order chi connectivity index (χ0) is 17.2. The van der Waals surface area contributed by atoms with Crippen LogP contribution < -0.4 is 5.32 Å². The minimum Gasteiger partial charge on any atom is -0.353 e. The highest BCUT2D eigenvalue weighted by atomic mass is 19.4. The third-order valence-electron chi connectivity index (χ3n) is 4.19. The van der Waals surface area contributed by atoms with Crippen LogP contribution in [0.15, 0.2) is 48.8 Å². The number of benzene rings is 1. The molecule has 0 saturated heterocycles. The van der Waals surface area contributed by atoms with Crippen LogP contribution in [0, 0.1) is 0 Å². The van der Waals surface area contributed by atoms with E-state index < -0.39 is 11.7 Å². The summed E-state index contributed by atoms with van der Waals surface area (Å²) in [7, 11) is 0. The van der Waals surface area contributed by atoms with Crippen LogP contribution >= 0.6 is 0 Å². The van der Waals surface area contributed by atoms with E-state index in [4.69, 9.17) is 0 Å². The summed E-state index contributed by atoms with van der Waals surface area (Å²) in [5.41, 5.74) is 0.669. The predicted octanol–water partition coefficient (Wildman–Crippen LogP) is 3.71. The smallest absolute Gasteiger partial charge is 0.353 e. The van der Waals surface area contributed by atoms with E-state index >= 15 is 0 Å². The molecule has 6 heteroatoms. The molecule has 2 aromatic rings. The molecule has 1 heterocycles. The molecule has 1 aromatic carbocycles. The molecule has 0 bridgehead atoms.